The van der Waals surface area contributed by atoms with Gasteiger partial charge in [0.05, 0.1) is 12.5 Å². The lowest BCUT2D eigenvalue weighted by molar-refractivity contribution is -0.147. The van der Waals surface area contributed by atoms with Crippen LogP contribution in [0.3, 0.4) is 0 Å². The van der Waals surface area contributed by atoms with Gasteiger partial charge in [-0.1, -0.05) is 19.9 Å². The molecule has 0 aromatic heterocycles. The standard InChI is InChI=1S/C14H18O4/c1-3-7-8-5-10(18-11(15)4-2)12(7)9-6-17-14(16)13(8)9/h4,7-10,12-13H,2-3,5-6H2,1H3. The molecule has 2 aliphatic carbocycles. The van der Waals surface area contributed by atoms with Crippen molar-refractivity contribution in [1.82, 2.24) is 0 Å². The van der Waals surface area contributed by atoms with E-state index in [1.165, 1.54) is 6.08 Å². The first-order valence-electron chi connectivity index (χ1n) is 6.67. The number of cyclic esters (lactones) is 1. The van der Waals surface area contributed by atoms with Crippen LogP contribution >= 0.6 is 0 Å². The molecule has 98 valence electrons. The minimum atomic E-state index is -0.357. The van der Waals surface area contributed by atoms with Gasteiger partial charge in [0.2, 0.25) is 0 Å². The lowest BCUT2D eigenvalue weighted by Gasteiger charge is -2.28. The SMILES string of the molecule is C=CC(=O)OC1CC2C(CC)C1C1COC(=O)C21. The summed E-state index contributed by atoms with van der Waals surface area (Å²) in [5.74, 6) is 1.03. The molecule has 0 amide bonds. The molecule has 4 heteroatoms. The lowest BCUT2D eigenvalue weighted by Crippen LogP contribution is -2.34. The fourth-order valence-corrected chi connectivity index (χ4v) is 4.46. The maximum Gasteiger partial charge on any atom is 0.330 e. The Balaban J connectivity index is 1.82. The molecule has 0 N–H and O–H groups in total. The molecule has 0 aromatic rings. The summed E-state index contributed by atoms with van der Waals surface area (Å²) in [6.07, 6.45) is 3.00. The number of fused-ring (bicyclic) bond motifs is 5. The quantitative estimate of drug-likeness (QED) is 0.563. The van der Waals surface area contributed by atoms with Gasteiger partial charge < -0.3 is 9.47 Å². The summed E-state index contributed by atoms with van der Waals surface area (Å²) < 4.78 is 10.6. The minimum Gasteiger partial charge on any atom is -0.465 e. The predicted octanol–water partition coefficient (Wildman–Crippen LogP) is 1.55. The van der Waals surface area contributed by atoms with Crippen LogP contribution in [0.1, 0.15) is 19.8 Å². The molecule has 3 fully saturated rings. The summed E-state index contributed by atoms with van der Waals surface area (Å²) in [6, 6.07) is 0. The molecule has 4 nitrogen and oxygen atoms in total. The molecule has 0 aromatic carbocycles. The molecule has 0 spiro atoms. The van der Waals surface area contributed by atoms with E-state index in [2.05, 4.69) is 13.5 Å². The van der Waals surface area contributed by atoms with Crippen LogP contribution in [0, 0.1) is 29.6 Å². The van der Waals surface area contributed by atoms with Crippen molar-refractivity contribution in [3.05, 3.63) is 12.7 Å². The third kappa shape index (κ3) is 1.44. The van der Waals surface area contributed by atoms with Gasteiger partial charge in [0.1, 0.15) is 6.10 Å². The van der Waals surface area contributed by atoms with E-state index >= 15 is 0 Å². The van der Waals surface area contributed by atoms with E-state index in [1.807, 2.05) is 0 Å². The number of ether oxygens (including phenoxy) is 2. The average molecular weight is 250 g/mol. The Labute approximate surface area is 106 Å². The average Bonchev–Trinajstić information content (AvgIpc) is 2.98. The number of carbonyl (C=O) groups is 2. The van der Waals surface area contributed by atoms with Crippen molar-refractivity contribution in [3.8, 4) is 0 Å². The van der Waals surface area contributed by atoms with Crippen molar-refractivity contribution >= 4 is 11.9 Å². The molecular formula is C14H18O4. The minimum absolute atomic E-state index is 0.0422. The summed E-state index contributed by atoms with van der Waals surface area (Å²) in [5, 5.41) is 0. The highest BCUT2D eigenvalue weighted by Crippen LogP contribution is 2.60. The summed E-state index contributed by atoms with van der Waals surface area (Å²) in [5.41, 5.74) is 0. The van der Waals surface area contributed by atoms with Crippen LogP contribution in [0.25, 0.3) is 0 Å². The Morgan fingerprint density at radius 3 is 3.00 bits per heavy atom. The van der Waals surface area contributed by atoms with Crippen molar-refractivity contribution in [1.29, 1.82) is 0 Å². The molecule has 6 unspecified atom stereocenters. The zero-order valence-electron chi connectivity index (χ0n) is 10.5. The van der Waals surface area contributed by atoms with E-state index in [-0.39, 0.29) is 29.9 Å². The molecule has 1 saturated heterocycles. The molecule has 1 heterocycles. The van der Waals surface area contributed by atoms with Gasteiger partial charge in [-0.15, -0.1) is 0 Å². The van der Waals surface area contributed by atoms with Crippen molar-refractivity contribution in [2.24, 2.45) is 29.6 Å². The van der Waals surface area contributed by atoms with E-state index in [0.29, 0.717) is 24.4 Å². The summed E-state index contributed by atoms with van der Waals surface area (Å²) in [7, 11) is 0. The molecule has 3 rings (SSSR count). The molecule has 0 radical (unpaired) electrons. The predicted molar refractivity (Wildman–Crippen MR) is 63.4 cm³/mol. The van der Waals surface area contributed by atoms with Crippen LogP contribution in [-0.2, 0) is 19.1 Å². The summed E-state index contributed by atoms with van der Waals surface area (Å²) in [6.45, 7) is 6.08. The van der Waals surface area contributed by atoms with Crippen LogP contribution < -0.4 is 0 Å². The van der Waals surface area contributed by atoms with Gasteiger partial charge in [-0.2, -0.15) is 0 Å². The van der Waals surface area contributed by atoms with Gasteiger partial charge in [-0.05, 0) is 18.3 Å². The highest BCUT2D eigenvalue weighted by atomic mass is 16.6. The third-order valence-corrected chi connectivity index (χ3v) is 4.99. The van der Waals surface area contributed by atoms with Gasteiger partial charge in [-0.3, -0.25) is 4.79 Å². The molecule has 18 heavy (non-hydrogen) atoms. The molecule has 1 aliphatic heterocycles. The smallest absolute Gasteiger partial charge is 0.330 e. The Kier molecular flexibility index (Phi) is 2.68. The van der Waals surface area contributed by atoms with Gasteiger partial charge >= 0.3 is 11.9 Å². The zero-order valence-corrected chi connectivity index (χ0v) is 10.5. The van der Waals surface area contributed by atoms with Crippen LogP contribution in [0.15, 0.2) is 12.7 Å². The lowest BCUT2D eigenvalue weighted by atomic mass is 9.80. The maximum absolute atomic E-state index is 11.7. The normalized spacial score (nSPS) is 44.6. The van der Waals surface area contributed by atoms with Crippen LogP contribution in [0.4, 0.5) is 0 Å². The second-order valence-corrected chi connectivity index (χ2v) is 5.55. The third-order valence-electron chi connectivity index (χ3n) is 4.99. The molecular weight excluding hydrogens is 232 g/mol. The topological polar surface area (TPSA) is 52.6 Å². The number of esters is 2. The summed E-state index contributed by atoms with van der Waals surface area (Å²) >= 11 is 0. The van der Waals surface area contributed by atoms with E-state index < -0.39 is 0 Å². The van der Waals surface area contributed by atoms with Crippen molar-refractivity contribution < 1.29 is 19.1 Å². The first-order chi connectivity index (χ1) is 8.67. The Morgan fingerprint density at radius 2 is 2.33 bits per heavy atom. The monoisotopic (exact) mass is 250 g/mol. The first-order valence-corrected chi connectivity index (χ1v) is 6.67. The van der Waals surface area contributed by atoms with Crippen LogP contribution in [0.5, 0.6) is 0 Å². The first kappa shape index (κ1) is 11.8. The van der Waals surface area contributed by atoms with Crippen molar-refractivity contribution in [2.75, 3.05) is 6.61 Å². The van der Waals surface area contributed by atoms with E-state index in [0.717, 1.165) is 12.8 Å². The highest BCUT2D eigenvalue weighted by molar-refractivity contribution is 5.81. The number of carbonyl (C=O) groups excluding carboxylic acids is 2. The number of hydrogen-bond donors (Lipinski definition) is 0. The number of hydrogen-bond acceptors (Lipinski definition) is 4. The van der Waals surface area contributed by atoms with Crippen LogP contribution in [-0.4, -0.2) is 24.6 Å². The Morgan fingerprint density at radius 1 is 1.56 bits per heavy atom. The zero-order chi connectivity index (χ0) is 12.9. The Hall–Kier alpha value is -1.32. The highest BCUT2D eigenvalue weighted by Gasteiger charge is 2.64. The largest absolute Gasteiger partial charge is 0.465 e. The summed E-state index contributed by atoms with van der Waals surface area (Å²) in [4.78, 5) is 23.1. The molecule has 6 atom stereocenters. The van der Waals surface area contributed by atoms with Gasteiger partial charge in [0.25, 0.3) is 0 Å². The van der Waals surface area contributed by atoms with Gasteiger partial charge in [0, 0.05) is 17.9 Å². The Bertz CT molecular complexity index is 403. The molecule has 2 saturated carbocycles. The van der Waals surface area contributed by atoms with Crippen molar-refractivity contribution in [2.45, 2.75) is 25.9 Å². The fraction of sp³-hybridized carbons (Fsp3) is 0.714. The molecule has 3 aliphatic rings. The van der Waals surface area contributed by atoms with Crippen molar-refractivity contribution in [3.63, 3.8) is 0 Å². The van der Waals surface area contributed by atoms with E-state index in [4.69, 9.17) is 9.47 Å². The van der Waals surface area contributed by atoms with E-state index in [1.54, 1.807) is 0 Å². The fourth-order valence-electron chi connectivity index (χ4n) is 4.46. The van der Waals surface area contributed by atoms with E-state index in [9.17, 15) is 9.59 Å². The number of rotatable bonds is 3. The second kappa shape index (κ2) is 4.11. The second-order valence-electron chi connectivity index (χ2n) is 5.55. The van der Waals surface area contributed by atoms with Crippen LogP contribution in [0.2, 0.25) is 0 Å². The van der Waals surface area contributed by atoms with Gasteiger partial charge in [-0.25, -0.2) is 4.79 Å². The molecule has 2 bridgehead atoms. The van der Waals surface area contributed by atoms with Gasteiger partial charge in [0.15, 0.2) is 0 Å². The maximum atomic E-state index is 11.7.